The Labute approximate surface area is 87.2 Å². The Morgan fingerprint density at radius 2 is 2.20 bits per heavy atom. The van der Waals surface area contributed by atoms with Gasteiger partial charge in [0.25, 0.3) is 0 Å². The van der Waals surface area contributed by atoms with Crippen LogP contribution in [0.3, 0.4) is 0 Å². The van der Waals surface area contributed by atoms with Crippen molar-refractivity contribution in [1.29, 1.82) is 0 Å². The molecule has 0 aliphatic heterocycles. The van der Waals surface area contributed by atoms with Crippen LogP contribution in [0.1, 0.15) is 25.7 Å². The fourth-order valence-electron chi connectivity index (χ4n) is 1.80. The van der Waals surface area contributed by atoms with Gasteiger partial charge in [-0.2, -0.15) is 0 Å². The molecule has 1 heterocycles. The lowest BCUT2D eigenvalue weighted by Crippen LogP contribution is -2.06. The number of rotatable bonds is 2. The molecule has 0 atom stereocenters. The topological polar surface area (TPSA) is 38.0 Å². The molecule has 15 heavy (non-hydrogen) atoms. The molecule has 0 saturated heterocycles. The molecule has 3 nitrogen and oxygen atoms in total. The number of nitrogens with zero attached hydrogens (tertiary/aromatic N) is 2. The Balaban J connectivity index is 2.76. The lowest BCUT2D eigenvalue weighted by atomic mass is 10.3. The van der Waals surface area contributed by atoms with Crippen LogP contribution in [-0.4, -0.2) is 14.7 Å². The van der Waals surface area contributed by atoms with Crippen LogP contribution in [0.4, 0.5) is 4.39 Å². The molecule has 4 heteroatoms. The standard InChI is InChI=1S/C11H13FN2O/c1-7(2)14-10-5-8(12)3-4-9(10)13-11(14)6-15/h3-5,7,15H,6H2,1-2H3. The fourth-order valence-corrected chi connectivity index (χ4v) is 1.80. The van der Waals surface area contributed by atoms with Gasteiger partial charge in [-0.1, -0.05) is 0 Å². The number of halogens is 1. The summed E-state index contributed by atoms with van der Waals surface area (Å²) < 4.78 is 14.9. The number of aliphatic hydroxyl groups excluding tert-OH is 1. The monoisotopic (exact) mass is 208 g/mol. The molecule has 0 saturated carbocycles. The van der Waals surface area contributed by atoms with Crippen molar-refractivity contribution in [2.24, 2.45) is 0 Å². The summed E-state index contributed by atoms with van der Waals surface area (Å²) in [4.78, 5) is 4.24. The average Bonchev–Trinajstić information content (AvgIpc) is 2.55. The van der Waals surface area contributed by atoms with E-state index in [0.29, 0.717) is 11.3 Å². The molecule has 80 valence electrons. The van der Waals surface area contributed by atoms with Crippen LogP contribution >= 0.6 is 0 Å². The second-order valence-corrected chi connectivity index (χ2v) is 3.78. The Hall–Kier alpha value is -1.42. The molecule has 1 aromatic heterocycles. The highest BCUT2D eigenvalue weighted by molar-refractivity contribution is 5.76. The summed E-state index contributed by atoms with van der Waals surface area (Å²) in [7, 11) is 0. The molecule has 0 amide bonds. The van der Waals surface area contributed by atoms with E-state index in [2.05, 4.69) is 4.98 Å². The number of hydrogen-bond donors (Lipinski definition) is 1. The van der Waals surface area contributed by atoms with Gasteiger partial charge in [-0.05, 0) is 32.0 Å². The highest BCUT2D eigenvalue weighted by Crippen LogP contribution is 2.21. The first-order chi connectivity index (χ1) is 7.13. The third-order valence-corrected chi connectivity index (χ3v) is 2.38. The number of hydrogen-bond acceptors (Lipinski definition) is 2. The molecule has 0 aliphatic carbocycles. The number of aliphatic hydroxyl groups is 1. The van der Waals surface area contributed by atoms with E-state index in [0.717, 1.165) is 5.52 Å². The van der Waals surface area contributed by atoms with Gasteiger partial charge in [0.1, 0.15) is 18.2 Å². The minimum absolute atomic E-state index is 0.130. The van der Waals surface area contributed by atoms with Crippen molar-refractivity contribution in [2.45, 2.75) is 26.5 Å². The molecular weight excluding hydrogens is 195 g/mol. The summed E-state index contributed by atoms with van der Waals surface area (Å²) in [6, 6.07) is 4.60. The van der Waals surface area contributed by atoms with Crippen LogP contribution in [0, 0.1) is 5.82 Å². The van der Waals surface area contributed by atoms with Crippen molar-refractivity contribution in [3.63, 3.8) is 0 Å². The zero-order chi connectivity index (χ0) is 11.0. The van der Waals surface area contributed by atoms with Gasteiger partial charge in [0.15, 0.2) is 0 Å². The first-order valence-corrected chi connectivity index (χ1v) is 4.90. The van der Waals surface area contributed by atoms with E-state index in [1.54, 1.807) is 6.07 Å². The third kappa shape index (κ3) is 1.61. The number of aromatic nitrogens is 2. The maximum absolute atomic E-state index is 13.1. The average molecular weight is 208 g/mol. The van der Waals surface area contributed by atoms with E-state index in [4.69, 9.17) is 5.11 Å². The first-order valence-electron chi connectivity index (χ1n) is 4.90. The molecular formula is C11H13FN2O. The SMILES string of the molecule is CC(C)n1c(CO)nc2ccc(F)cc21. The van der Waals surface area contributed by atoms with Gasteiger partial charge in [0.05, 0.1) is 11.0 Å². The molecule has 0 fully saturated rings. The summed E-state index contributed by atoms with van der Waals surface area (Å²) in [6.07, 6.45) is 0. The van der Waals surface area contributed by atoms with Crippen LogP contribution < -0.4 is 0 Å². The lowest BCUT2D eigenvalue weighted by molar-refractivity contribution is 0.263. The molecule has 0 aliphatic rings. The largest absolute Gasteiger partial charge is 0.388 e. The molecule has 0 radical (unpaired) electrons. The first kappa shape index (κ1) is 10.1. The van der Waals surface area contributed by atoms with Crippen molar-refractivity contribution in [3.8, 4) is 0 Å². The minimum Gasteiger partial charge on any atom is -0.388 e. The van der Waals surface area contributed by atoms with Gasteiger partial charge in [-0.3, -0.25) is 0 Å². The van der Waals surface area contributed by atoms with E-state index in [1.165, 1.54) is 12.1 Å². The van der Waals surface area contributed by atoms with Crippen molar-refractivity contribution in [1.82, 2.24) is 9.55 Å². The number of imidazole rings is 1. The normalized spacial score (nSPS) is 11.5. The van der Waals surface area contributed by atoms with Crippen molar-refractivity contribution >= 4 is 11.0 Å². The van der Waals surface area contributed by atoms with E-state index >= 15 is 0 Å². The maximum atomic E-state index is 13.1. The van der Waals surface area contributed by atoms with Crippen LogP contribution in [0.2, 0.25) is 0 Å². The van der Waals surface area contributed by atoms with E-state index in [9.17, 15) is 4.39 Å². The van der Waals surface area contributed by atoms with Gasteiger partial charge < -0.3 is 9.67 Å². The highest BCUT2D eigenvalue weighted by Gasteiger charge is 2.12. The number of fused-ring (bicyclic) bond motifs is 1. The third-order valence-electron chi connectivity index (χ3n) is 2.38. The van der Waals surface area contributed by atoms with Crippen molar-refractivity contribution < 1.29 is 9.50 Å². The Kier molecular flexibility index (Phi) is 2.44. The van der Waals surface area contributed by atoms with Crippen LogP contribution in [-0.2, 0) is 6.61 Å². The van der Waals surface area contributed by atoms with Gasteiger partial charge in [0, 0.05) is 6.04 Å². The van der Waals surface area contributed by atoms with Gasteiger partial charge in [0.2, 0.25) is 0 Å². The molecule has 0 spiro atoms. The molecule has 2 aromatic rings. The second-order valence-electron chi connectivity index (χ2n) is 3.78. The van der Waals surface area contributed by atoms with Crippen LogP contribution in [0.15, 0.2) is 18.2 Å². The Morgan fingerprint density at radius 3 is 2.80 bits per heavy atom. The lowest BCUT2D eigenvalue weighted by Gasteiger charge is -2.11. The minimum atomic E-state index is -0.284. The van der Waals surface area contributed by atoms with E-state index in [1.807, 2.05) is 18.4 Å². The summed E-state index contributed by atoms with van der Waals surface area (Å²) in [5, 5.41) is 9.16. The number of benzene rings is 1. The second kappa shape index (κ2) is 3.62. The van der Waals surface area contributed by atoms with Crippen LogP contribution in [0.5, 0.6) is 0 Å². The molecule has 1 N–H and O–H groups in total. The fraction of sp³-hybridized carbons (Fsp3) is 0.364. The Morgan fingerprint density at radius 1 is 1.47 bits per heavy atom. The van der Waals surface area contributed by atoms with Gasteiger partial charge in [-0.15, -0.1) is 0 Å². The zero-order valence-electron chi connectivity index (χ0n) is 8.74. The predicted octanol–water partition coefficient (Wildman–Crippen LogP) is 2.25. The quantitative estimate of drug-likeness (QED) is 0.822. The smallest absolute Gasteiger partial charge is 0.135 e. The zero-order valence-corrected chi connectivity index (χ0v) is 8.74. The summed E-state index contributed by atoms with van der Waals surface area (Å²) in [5.74, 6) is 0.291. The van der Waals surface area contributed by atoms with Crippen LogP contribution in [0.25, 0.3) is 11.0 Å². The molecule has 2 rings (SSSR count). The highest BCUT2D eigenvalue weighted by atomic mass is 19.1. The summed E-state index contributed by atoms with van der Waals surface area (Å²) >= 11 is 0. The molecule has 0 bridgehead atoms. The van der Waals surface area contributed by atoms with E-state index < -0.39 is 0 Å². The predicted molar refractivity (Wildman–Crippen MR) is 56.0 cm³/mol. The van der Waals surface area contributed by atoms with E-state index in [-0.39, 0.29) is 18.5 Å². The van der Waals surface area contributed by atoms with Gasteiger partial charge >= 0.3 is 0 Å². The molecule has 1 aromatic carbocycles. The molecule has 0 unspecified atom stereocenters. The summed E-state index contributed by atoms with van der Waals surface area (Å²) in [5.41, 5.74) is 1.45. The Bertz CT molecular complexity index is 491. The summed E-state index contributed by atoms with van der Waals surface area (Å²) in [6.45, 7) is 3.82. The van der Waals surface area contributed by atoms with Gasteiger partial charge in [-0.25, -0.2) is 9.37 Å². The van der Waals surface area contributed by atoms with Crippen molar-refractivity contribution in [3.05, 3.63) is 29.8 Å². The van der Waals surface area contributed by atoms with Crippen molar-refractivity contribution in [2.75, 3.05) is 0 Å². The maximum Gasteiger partial charge on any atom is 0.135 e.